The van der Waals surface area contributed by atoms with Crippen molar-refractivity contribution < 1.29 is 9.90 Å². The standard InChI is InChI=1S/C13H20N4O2/c1-7(2)9-5-10(16-6-11(18)19)17-13(15-4)12(9)8(3)14/h5,7,14H,6H2,1-4H3,(H,18,19)(H2,15,16,17). The van der Waals surface area contributed by atoms with Crippen LogP contribution < -0.4 is 10.6 Å². The van der Waals surface area contributed by atoms with Crippen molar-refractivity contribution in [1.29, 1.82) is 5.41 Å². The molecule has 1 aromatic rings. The molecule has 0 aliphatic carbocycles. The van der Waals surface area contributed by atoms with Crippen molar-refractivity contribution in [1.82, 2.24) is 4.98 Å². The minimum Gasteiger partial charge on any atom is -0.480 e. The summed E-state index contributed by atoms with van der Waals surface area (Å²) in [7, 11) is 1.74. The van der Waals surface area contributed by atoms with E-state index in [1.54, 1.807) is 14.0 Å². The third-order valence-electron chi connectivity index (χ3n) is 2.70. The summed E-state index contributed by atoms with van der Waals surface area (Å²) in [5.74, 6) is 0.369. The Labute approximate surface area is 112 Å². The maximum atomic E-state index is 10.6. The van der Waals surface area contributed by atoms with Crippen molar-refractivity contribution in [3.8, 4) is 0 Å². The van der Waals surface area contributed by atoms with Gasteiger partial charge in [0.1, 0.15) is 18.2 Å². The van der Waals surface area contributed by atoms with Crippen LogP contribution in [0.4, 0.5) is 11.6 Å². The molecular formula is C13H20N4O2. The van der Waals surface area contributed by atoms with Gasteiger partial charge in [0.05, 0.1) is 0 Å². The Balaban J connectivity index is 3.28. The summed E-state index contributed by atoms with van der Waals surface area (Å²) in [5, 5.41) is 22.3. The Hall–Kier alpha value is -2.11. The molecule has 0 aliphatic rings. The highest BCUT2D eigenvalue weighted by molar-refractivity contribution is 6.02. The topological polar surface area (TPSA) is 98.1 Å². The summed E-state index contributed by atoms with van der Waals surface area (Å²) < 4.78 is 0. The van der Waals surface area contributed by atoms with Crippen LogP contribution in [0.2, 0.25) is 0 Å². The molecule has 6 heteroatoms. The molecular weight excluding hydrogens is 244 g/mol. The van der Waals surface area contributed by atoms with E-state index in [1.807, 2.05) is 19.9 Å². The van der Waals surface area contributed by atoms with Crippen molar-refractivity contribution in [2.75, 3.05) is 24.2 Å². The van der Waals surface area contributed by atoms with E-state index < -0.39 is 5.97 Å². The van der Waals surface area contributed by atoms with E-state index in [0.717, 1.165) is 11.1 Å². The summed E-state index contributed by atoms with van der Waals surface area (Å²) in [5.41, 5.74) is 2.18. The van der Waals surface area contributed by atoms with Gasteiger partial charge in [-0.2, -0.15) is 0 Å². The predicted molar refractivity (Wildman–Crippen MR) is 76.5 cm³/mol. The molecule has 0 fully saturated rings. The van der Waals surface area contributed by atoms with E-state index in [1.165, 1.54) is 0 Å². The Morgan fingerprint density at radius 3 is 2.58 bits per heavy atom. The molecule has 0 unspecified atom stereocenters. The van der Waals surface area contributed by atoms with Gasteiger partial charge in [0.2, 0.25) is 0 Å². The molecule has 0 radical (unpaired) electrons. The fraction of sp³-hybridized carbons (Fsp3) is 0.462. The number of anilines is 2. The van der Waals surface area contributed by atoms with Gasteiger partial charge in [0.25, 0.3) is 0 Å². The van der Waals surface area contributed by atoms with Gasteiger partial charge in [-0.1, -0.05) is 13.8 Å². The van der Waals surface area contributed by atoms with Gasteiger partial charge in [-0.15, -0.1) is 0 Å². The first-order chi connectivity index (χ1) is 8.86. The lowest BCUT2D eigenvalue weighted by molar-refractivity contribution is -0.134. The lowest BCUT2D eigenvalue weighted by Crippen LogP contribution is -2.16. The lowest BCUT2D eigenvalue weighted by Gasteiger charge is -2.18. The predicted octanol–water partition coefficient (Wildman–Crippen LogP) is 2.13. The van der Waals surface area contributed by atoms with Gasteiger partial charge in [0, 0.05) is 18.3 Å². The van der Waals surface area contributed by atoms with E-state index >= 15 is 0 Å². The number of nitrogens with zero attached hydrogens (tertiary/aromatic N) is 1. The molecule has 19 heavy (non-hydrogen) atoms. The van der Waals surface area contributed by atoms with Gasteiger partial charge in [-0.3, -0.25) is 4.79 Å². The number of nitrogens with one attached hydrogen (secondary N) is 3. The highest BCUT2D eigenvalue weighted by atomic mass is 16.4. The summed E-state index contributed by atoms with van der Waals surface area (Å²) in [6, 6.07) is 1.81. The van der Waals surface area contributed by atoms with Gasteiger partial charge in [-0.25, -0.2) is 4.98 Å². The first kappa shape index (κ1) is 14.9. The quantitative estimate of drug-likeness (QED) is 0.590. The molecule has 0 spiro atoms. The van der Waals surface area contributed by atoms with Crippen LogP contribution in [0.15, 0.2) is 6.07 Å². The van der Waals surface area contributed by atoms with Crippen LogP contribution >= 0.6 is 0 Å². The highest BCUT2D eigenvalue weighted by Gasteiger charge is 2.16. The van der Waals surface area contributed by atoms with Gasteiger partial charge >= 0.3 is 5.97 Å². The number of rotatable bonds is 6. The molecule has 0 bridgehead atoms. The minimum absolute atomic E-state index is 0.184. The number of hydrogen-bond donors (Lipinski definition) is 4. The number of carboxylic acids is 1. The smallest absolute Gasteiger partial charge is 0.322 e. The molecule has 104 valence electrons. The van der Waals surface area contributed by atoms with Crippen LogP contribution in [0.5, 0.6) is 0 Å². The summed E-state index contributed by atoms with van der Waals surface area (Å²) >= 11 is 0. The zero-order valence-electron chi connectivity index (χ0n) is 11.7. The molecule has 0 amide bonds. The SMILES string of the molecule is CNc1nc(NCC(=O)O)cc(C(C)C)c1C(C)=N. The Bertz CT molecular complexity index is 498. The molecule has 1 rings (SSSR count). The van der Waals surface area contributed by atoms with Gasteiger partial charge < -0.3 is 21.1 Å². The number of carboxylic acid groups (broad SMARTS) is 1. The van der Waals surface area contributed by atoms with Crippen LogP contribution in [0.25, 0.3) is 0 Å². The Morgan fingerprint density at radius 1 is 1.53 bits per heavy atom. The second-order valence-corrected chi connectivity index (χ2v) is 4.60. The van der Waals surface area contributed by atoms with Gasteiger partial charge in [-0.05, 0) is 24.5 Å². The third-order valence-corrected chi connectivity index (χ3v) is 2.70. The van der Waals surface area contributed by atoms with Crippen LogP contribution in [0.3, 0.4) is 0 Å². The normalized spacial score (nSPS) is 10.4. The summed E-state index contributed by atoms with van der Waals surface area (Å²) in [4.78, 5) is 14.9. The van der Waals surface area contributed by atoms with Crippen LogP contribution in [-0.4, -0.2) is 35.4 Å². The minimum atomic E-state index is -0.939. The molecule has 1 heterocycles. The maximum Gasteiger partial charge on any atom is 0.322 e. The number of aliphatic carboxylic acids is 1. The molecule has 0 atom stereocenters. The van der Waals surface area contributed by atoms with E-state index in [2.05, 4.69) is 15.6 Å². The maximum absolute atomic E-state index is 10.6. The third kappa shape index (κ3) is 3.67. The lowest BCUT2D eigenvalue weighted by atomic mass is 9.95. The summed E-state index contributed by atoms with van der Waals surface area (Å²) in [6.07, 6.45) is 0. The van der Waals surface area contributed by atoms with Crippen LogP contribution in [0, 0.1) is 5.41 Å². The largest absolute Gasteiger partial charge is 0.480 e. The zero-order chi connectivity index (χ0) is 14.6. The van der Waals surface area contributed by atoms with E-state index in [0.29, 0.717) is 17.3 Å². The fourth-order valence-corrected chi connectivity index (χ4v) is 1.85. The molecule has 0 aliphatic heterocycles. The molecule has 4 N–H and O–H groups in total. The molecule has 0 saturated carbocycles. The van der Waals surface area contributed by atoms with E-state index in [4.69, 9.17) is 10.5 Å². The fourth-order valence-electron chi connectivity index (χ4n) is 1.85. The number of pyridine rings is 1. The molecule has 0 saturated heterocycles. The first-order valence-corrected chi connectivity index (χ1v) is 6.10. The summed E-state index contributed by atoms with van der Waals surface area (Å²) in [6.45, 7) is 5.59. The highest BCUT2D eigenvalue weighted by Crippen LogP contribution is 2.28. The Kier molecular flexibility index (Phi) is 4.86. The monoisotopic (exact) mass is 264 g/mol. The van der Waals surface area contributed by atoms with Crippen LogP contribution in [0.1, 0.15) is 37.8 Å². The second kappa shape index (κ2) is 6.17. The molecule has 0 aromatic carbocycles. The number of aromatic nitrogens is 1. The van der Waals surface area contributed by atoms with Gasteiger partial charge in [0.15, 0.2) is 0 Å². The Morgan fingerprint density at radius 2 is 2.16 bits per heavy atom. The molecule has 6 nitrogen and oxygen atoms in total. The van der Waals surface area contributed by atoms with Crippen molar-refractivity contribution in [3.63, 3.8) is 0 Å². The zero-order valence-corrected chi connectivity index (χ0v) is 11.7. The average Bonchev–Trinajstić information content (AvgIpc) is 2.34. The van der Waals surface area contributed by atoms with E-state index in [9.17, 15) is 4.79 Å². The second-order valence-electron chi connectivity index (χ2n) is 4.60. The number of carbonyl (C=O) groups is 1. The van der Waals surface area contributed by atoms with Crippen molar-refractivity contribution >= 4 is 23.3 Å². The first-order valence-electron chi connectivity index (χ1n) is 6.10. The van der Waals surface area contributed by atoms with Crippen molar-refractivity contribution in [3.05, 3.63) is 17.2 Å². The van der Waals surface area contributed by atoms with E-state index in [-0.39, 0.29) is 12.5 Å². The van der Waals surface area contributed by atoms with Crippen molar-refractivity contribution in [2.45, 2.75) is 26.7 Å². The van der Waals surface area contributed by atoms with Crippen molar-refractivity contribution in [2.24, 2.45) is 0 Å². The molecule has 1 aromatic heterocycles. The average molecular weight is 264 g/mol. The van der Waals surface area contributed by atoms with Crippen LogP contribution in [-0.2, 0) is 4.79 Å². The number of hydrogen-bond acceptors (Lipinski definition) is 5.